The van der Waals surface area contributed by atoms with Crippen LogP contribution in [0.2, 0.25) is 0 Å². The van der Waals surface area contributed by atoms with E-state index in [0.717, 1.165) is 6.42 Å². The number of nitrogens with one attached hydrogen (secondary N) is 2. The van der Waals surface area contributed by atoms with Crippen molar-refractivity contribution in [1.29, 1.82) is 0 Å². The van der Waals surface area contributed by atoms with Crippen LogP contribution in [0.4, 0.5) is 11.4 Å². The van der Waals surface area contributed by atoms with Gasteiger partial charge in [0.25, 0.3) is 5.91 Å². The Hall–Kier alpha value is -2.82. The van der Waals surface area contributed by atoms with E-state index in [9.17, 15) is 9.59 Å². The molecule has 25 heavy (non-hydrogen) atoms. The number of anilines is 2. The topological polar surface area (TPSA) is 67.4 Å². The summed E-state index contributed by atoms with van der Waals surface area (Å²) in [6.07, 6.45) is 1.09. The molecule has 2 rings (SSSR count). The van der Waals surface area contributed by atoms with Crippen LogP contribution in [0.15, 0.2) is 48.5 Å². The van der Waals surface area contributed by atoms with Gasteiger partial charge in [-0.25, -0.2) is 0 Å². The SMILES string of the molecule is CCC(C)c1ccc(OCC(=O)Nc2ccc(NC(C)=O)cc2)cc1. The molecule has 0 aliphatic heterocycles. The molecule has 0 saturated carbocycles. The second-order valence-electron chi connectivity index (χ2n) is 5.97. The van der Waals surface area contributed by atoms with Crippen LogP contribution in [-0.2, 0) is 9.59 Å². The molecule has 2 amide bonds. The van der Waals surface area contributed by atoms with Gasteiger partial charge in [0.1, 0.15) is 5.75 Å². The van der Waals surface area contributed by atoms with Crippen molar-refractivity contribution in [3.05, 3.63) is 54.1 Å². The van der Waals surface area contributed by atoms with Gasteiger partial charge >= 0.3 is 0 Å². The van der Waals surface area contributed by atoms with Crippen LogP contribution in [0.3, 0.4) is 0 Å². The van der Waals surface area contributed by atoms with Crippen molar-refractivity contribution >= 4 is 23.2 Å². The molecule has 132 valence electrons. The number of carbonyl (C=O) groups excluding carboxylic acids is 2. The molecule has 0 radical (unpaired) electrons. The zero-order valence-electron chi connectivity index (χ0n) is 14.8. The Morgan fingerprint density at radius 2 is 1.52 bits per heavy atom. The van der Waals surface area contributed by atoms with Crippen molar-refractivity contribution in [2.24, 2.45) is 0 Å². The predicted molar refractivity (Wildman–Crippen MR) is 100 cm³/mol. The molecular weight excluding hydrogens is 316 g/mol. The van der Waals surface area contributed by atoms with E-state index in [4.69, 9.17) is 4.74 Å². The van der Waals surface area contributed by atoms with Gasteiger partial charge in [-0.15, -0.1) is 0 Å². The maximum atomic E-state index is 12.0. The van der Waals surface area contributed by atoms with Crippen molar-refractivity contribution in [3.63, 3.8) is 0 Å². The quantitative estimate of drug-likeness (QED) is 0.795. The second-order valence-corrected chi connectivity index (χ2v) is 5.97. The van der Waals surface area contributed by atoms with Crippen LogP contribution >= 0.6 is 0 Å². The van der Waals surface area contributed by atoms with Crippen LogP contribution in [-0.4, -0.2) is 18.4 Å². The van der Waals surface area contributed by atoms with Crippen molar-refractivity contribution < 1.29 is 14.3 Å². The van der Waals surface area contributed by atoms with Gasteiger partial charge in [-0.1, -0.05) is 26.0 Å². The summed E-state index contributed by atoms with van der Waals surface area (Å²) >= 11 is 0. The van der Waals surface area contributed by atoms with Gasteiger partial charge in [0, 0.05) is 18.3 Å². The first-order chi connectivity index (χ1) is 12.0. The average molecular weight is 340 g/mol. The summed E-state index contributed by atoms with van der Waals surface area (Å²) in [5, 5.41) is 5.43. The van der Waals surface area contributed by atoms with Gasteiger partial charge in [0.2, 0.25) is 5.91 Å². The van der Waals surface area contributed by atoms with Gasteiger partial charge in [-0.3, -0.25) is 9.59 Å². The standard InChI is InChI=1S/C20H24N2O3/c1-4-14(2)16-5-11-19(12-6-16)25-13-20(24)22-18-9-7-17(8-10-18)21-15(3)23/h5-12,14H,4,13H2,1-3H3,(H,21,23)(H,22,24). The third-order valence-electron chi connectivity index (χ3n) is 3.92. The fraction of sp³-hybridized carbons (Fsp3) is 0.300. The van der Waals surface area contributed by atoms with E-state index in [0.29, 0.717) is 23.0 Å². The Balaban J connectivity index is 1.83. The minimum Gasteiger partial charge on any atom is -0.484 e. The molecule has 1 unspecified atom stereocenters. The zero-order chi connectivity index (χ0) is 18.2. The van der Waals surface area contributed by atoms with Gasteiger partial charge in [0.15, 0.2) is 6.61 Å². The summed E-state index contributed by atoms with van der Waals surface area (Å²) in [5.41, 5.74) is 2.59. The highest BCUT2D eigenvalue weighted by Crippen LogP contribution is 2.21. The van der Waals surface area contributed by atoms with Gasteiger partial charge in [-0.2, -0.15) is 0 Å². The Morgan fingerprint density at radius 1 is 0.960 bits per heavy atom. The van der Waals surface area contributed by atoms with Gasteiger partial charge in [-0.05, 0) is 54.3 Å². The normalized spacial score (nSPS) is 11.5. The Labute approximate surface area is 148 Å². The molecule has 5 nitrogen and oxygen atoms in total. The second kappa shape index (κ2) is 8.87. The average Bonchev–Trinajstić information content (AvgIpc) is 2.61. The summed E-state index contributed by atoms with van der Waals surface area (Å²) in [7, 11) is 0. The lowest BCUT2D eigenvalue weighted by Gasteiger charge is -2.11. The third kappa shape index (κ3) is 5.95. The summed E-state index contributed by atoms with van der Waals surface area (Å²) in [6, 6.07) is 14.7. The van der Waals surface area contributed by atoms with E-state index in [-0.39, 0.29) is 18.4 Å². The Kier molecular flexibility index (Phi) is 6.57. The Bertz CT molecular complexity index is 709. The summed E-state index contributed by atoms with van der Waals surface area (Å²) in [5.74, 6) is 0.809. The monoisotopic (exact) mass is 340 g/mol. The van der Waals surface area contributed by atoms with E-state index in [1.165, 1.54) is 12.5 Å². The number of rotatable bonds is 7. The number of hydrogen-bond donors (Lipinski definition) is 2. The first-order valence-corrected chi connectivity index (χ1v) is 8.38. The fourth-order valence-electron chi connectivity index (χ4n) is 2.31. The lowest BCUT2D eigenvalue weighted by atomic mass is 9.99. The fourth-order valence-corrected chi connectivity index (χ4v) is 2.31. The molecule has 0 aliphatic carbocycles. The van der Waals surface area contributed by atoms with Crippen LogP contribution in [0.1, 0.15) is 38.7 Å². The maximum absolute atomic E-state index is 12.0. The molecule has 2 aromatic carbocycles. The van der Waals surface area contributed by atoms with Gasteiger partial charge in [0.05, 0.1) is 0 Å². The minimum atomic E-state index is -0.238. The third-order valence-corrected chi connectivity index (χ3v) is 3.92. The zero-order valence-corrected chi connectivity index (χ0v) is 14.8. The Morgan fingerprint density at radius 3 is 2.04 bits per heavy atom. The van der Waals surface area contributed by atoms with Crippen LogP contribution in [0.5, 0.6) is 5.75 Å². The molecule has 0 aliphatic rings. The highest BCUT2D eigenvalue weighted by Gasteiger charge is 2.06. The van der Waals surface area contributed by atoms with Gasteiger partial charge < -0.3 is 15.4 Å². The van der Waals surface area contributed by atoms with Crippen molar-refractivity contribution in [1.82, 2.24) is 0 Å². The summed E-state index contributed by atoms with van der Waals surface area (Å²) in [4.78, 5) is 22.9. The van der Waals surface area contributed by atoms with E-state index in [1.54, 1.807) is 24.3 Å². The largest absolute Gasteiger partial charge is 0.484 e. The molecule has 0 fully saturated rings. The summed E-state index contributed by atoms with van der Waals surface area (Å²) < 4.78 is 5.52. The minimum absolute atomic E-state index is 0.0594. The van der Waals surface area contributed by atoms with Crippen LogP contribution < -0.4 is 15.4 Å². The molecule has 0 aromatic heterocycles. The van der Waals surface area contributed by atoms with E-state index in [2.05, 4.69) is 24.5 Å². The molecule has 1 atom stereocenters. The lowest BCUT2D eigenvalue weighted by Crippen LogP contribution is -2.20. The van der Waals surface area contributed by atoms with Crippen LogP contribution in [0, 0.1) is 0 Å². The van der Waals surface area contributed by atoms with E-state index < -0.39 is 0 Å². The number of benzene rings is 2. The molecule has 0 heterocycles. The summed E-state index contributed by atoms with van der Waals surface area (Å²) in [6.45, 7) is 5.72. The highest BCUT2D eigenvalue weighted by atomic mass is 16.5. The number of hydrogen-bond acceptors (Lipinski definition) is 3. The molecule has 2 N–H and O–H groups in total. The van der Waals surface area contributed by atoms with Crippen LogP contribution in [0.25, 0.3) is 0 Å². The molecule has 2 aromatic rings. The number of carbonyl (C=O) groups is 2. The first-order valence-electron chi connectivity index (χ1n) is 8.38. The molecule has 5 heteroatoms. The van der Waals surface area contributed by atoms with E-state index in [1.807, 2.05) is 24.3 Å². The van der Waals surface area contributed by atoms with Crippen molar-refractivity contribution in [3.8, 4) is 5.75 Å². The number of ether oxygens (including phenoxy) is 1. The predicted octanol–water partition coefficient (Wildman–Crippen LogP) is 4.18. The molecule has 0 bridgehead atoms. The highest BCUT2D eigenvalue weighted by molar-refractivity contribution is 5.93. The number of amides is 2. The molecular formula is C20H24N2O3. The lowest BCUT2D eigenvalue weighted by molar-refractivity contribution is -0.118. The van der Waals surface area contributed by atoms with Crippen molar-refractivity contribution in [2.75, 3.05) is 17.2 Å². The van der Waals surface area contributed by atoms with Crippen molar-refractivity contribution in [2.45, 2.75) is 33.1 Å². The molecule has 0 saturated heterocycles. The van der Waals surface area contributed by atoms with E-state index >= 15 is 0 Å². The first kappa shape index (κ1) is 18.5. The smallest absolute Gasteiger partial charge is 0.262 e. The maximum Gasteiger partial charge on any atom is 0.262 e. The molecule has 0 spiro atoms.